The van der Waals surface area contributed by atoms with Crippen molar-refractivity contribution in [3.05, 3.63) is 0 Å². The number of hydrogen-bond acceptors (Lipinski definition) is 7. The van der Waals surface area contributed by atoms with Crippen LogP contribution in [0.3, 0.4) is 0 Å². The zero-order chi connectivity index (χ0) is 9.14. The Morgan fingerprint density at radius 2 is 1.75 bits per heavy atom. The topological polar surface area (TPSA) is 143 Å². The predicted octanol–water partition coefficient (Wildman–Crippen LogP) is -1.53. The van der Waals surface area contributed by atoms with Gasteiger partial charge in [0.25, 0.3) is 5.95 Å². The molecule has 0 aromatic carbocycles. The molecule has 5 N–H and O–H groups in total. The first-order chi connectivity index (χ1) is 5.58. The van der Waals surface area contributed by atoms with Crippen LogP contribution in [0.15, 0.2) is 0 Å². The number of nitrogens with one attached hydrogen (secondary N) is 1. The van der Waals surface area contributed by atoms with Crippen molar-refractivity contribution in [3.63, 3.8) is 0 Å². The van der Waals surface area contributed by atoms with E-state index < -0.39 is 8.18 Å². The molecule has 0 bridgehead atoms. The summed E-state index contributed by atoms with van der Waals surface area (Å²) in [5.41, 5.74) is 10.3. The first kappa shape index (κ1) is 8.57. The van der Waals surface area contributed by atoms with Crippen molar-refractivity contribution >= 4 is 26.0 Å². The molecule has 64 valence electrons. The molecular formula is C3H5N6O2P. The third kappa shape index (κ3) is 2.26. The molecule has 9 heteroatoms. The second kappa shape index (κ2) is 3.24. The van der Waals surface area contributed by atoms with Gasteiger partial charge < -0.3 is 16.4 Å². The van der Waals surface area contributed by atoms with E-state index in [4.69, 9.17) is 11.5 Å². The van der Waals surface area contributed by atoms with Crippen molar-refractivity contribution in [2.24, 2.45) is 0 Å². The maximum Gasteiger partial charge on any atom is 0.440 e. The summed E-state index contributed by atoms with van der Waals surface area (Å²) in [6.07, 6.45) is 0. The summed E-state index contributed by atoms with van der Waals surface area (Å²) < 4.78 is 10.1. The second-order valence-electron chi connectivity index (χ2n) is 1.74. The minimum Gasteiger partial charge on any atom is -0.573 e. The van der Waals surface area contributed by atoms with E-state index in [0.717, 1.165) is 0 Å². The van der Waals surface area contributed by atoms with Gasteiger partial charge in [-0.3, -0.25) is 0 Å². The van der Waals surface area contributed by atoms with Gasteiger partial charge in [0.1, 0.15) is 0 Å². The lowest BCUT2D eigenvalue weighted by molar-refractivity contribution is -0.162. The Hall–Kier alpha value is -1.53. The third-order valence-electron chi connectivity index (χ3n) is 0.861. The van der Waals surface area contributed by atoms with Gasteiger partial charge in [-0.25, -0.2) is 0 Å². The zero-order valence-electron chi connectivity index (χ0n) is 5.76. The van der Waals surface area contributed by atoms with Crippen LogP contribution in [0, 0.1) is 0 Å². The van der Waals surface area contributed by atoms with Gasteiger partial charge in [0.2, 0.25) is 11.9 Å². The van der Waals surface area contributed by atoms with Gasteiger partial charge in [-0.1, -0.05) is 0 Å². The first-order valence-corrected chi connectivity index (χ1v) is 3.94. The standard InChI is InChI=1S/C3H5N6O2P/c4-1-6-2(5)8-3(7-1)9-12(10)11/h(H5,4,5,6,7,8,9,10,11). The number of nitrogens with zero attached hydrogens (tertiary/aromatic N) is 3. The van der Waals surface area contributed by atoms with Gasteiger partial charge in [-0.15, -0.1) is 5.09 Å². The van der Waals surface area contributed by atoms with Crippen LogP contribution in [-0.4, -0.2) is 15.0 Å². The summed E-state index contributed by atoms with van der Waals surface area (Å²) in [5.74, 6) is -0.459. The SMILES string of the molecule is Nc1nc(N)nc(N[P+](=O)[O-])n1. The number of nitrogen functional groups attached to an aromatic ring is 2. The van der Waals surface area contributed by atoms with Gasteiger partial charge in [0.15, 0.2) is 0 Å². The van der Waals surface area contributed by atoms with Crippen molar-refractivity contribution < 1.29 is 9.46 Å². The first-order valence-electron chi connectivity index (χ1n) is 2.76. The van der Waals surface area contributed by atoms with Crippen molar-refractivity contribution in [3.8, 4) is 0 Å². The monoisotopic (exact) mass is 188 g/mol. The third-order valence-corrected chi connectivity index (χ3v) is 1.24. The fourth-order valence-electron chi connectivity index (χ4n) is 0.541. The number of rotatable bonds is 2. The molecule has 0 amide bonds. The molecular weight excluding hydrogens is 183 g/mol. The summed E-state index contributed by atoms with van der Waals surface area (Å²) in [4.78, 5) is 20.5. The Balaban J connectivity index is 2.93. The Bertz CT molecular complexity index is 295. The van der Waals surface area contributed by atoms with Crippen LogP contribution in [0.2, 0.25) is 0 Å². The normalized spacial score (nSPS) is 10.9. The highest BCUT2D eigenvalue weighted by Crippen LogP contribution is 2.12. The lowest BCUT2D eigenvalue weighted by atomic mass is 10.8. The van der Waals surface area contributed by atoms with Crippen LogP contribution in [0.25, 0.3) is 0 Å². The van der Waals surface area contributed by atoms with Crippen LogP contribution < -0.4 is 21.4 Å². The predicted molar refractivity (Wildman–Crippen MR) is 39.9 cm³/mol. The Kier molecular flexibility index (Phi) is 2.32. The van der Waals surface area contributed by atoms with E-state index in [-0.39, 0.29) is 17.8 Å². The molecule has 0 spiro atoms. The highest BCUT2D eigenvalue weighted by molar-refractivity contribution is 7.38. The lowest BCUT2D eigenvalue weighted by Gasteiger charge is -1.97. The summed E-state index contributed by atoms with van der Waals surface area (Å²) in [5, 5.41) is 1.92. The Labute approximate surface area is 68.0 Å². The largest absolute Gasteiger partial charge is 0.573 e. The summed E-state index contributed by atoms with van der Waals surface area (Å²) in [6, 6.07) is 0. The van der Waals surface area contributed by atoms with Gasteiger partial charge in [0, 0.05) is 0 Å². The van der Waals surface area contributed by atoms with E-state index in [0.29, 0.717) is 0 Å². The molecule has 1 rings (SSSR count). The molecule has 1 unspecified atom stereocenters. The van der Waals surface area contributed by atoms with Crippen LogP contribution in [-0.2, 0) is 4.57 Å². The van der Waals surface area contributed by atoms with Crippen molar-refractivity contribution in [1.82, 2.24) is 15.0 Å². The lowest BCUT2D eigenvalue weighted by Crippen LogP contribution is -2.07. The average Bonchev–Trinajstić information content (AvgIpc) is 1.81. The van der Waals surface area contributed by atoms with Crippen LogP contribution in [0.4, 0.5) is 17.8 Å². The van der Waals surface area contributed by atoms with Gasteiger partial charge in [-0.05, 0) is 4.57 Å². The number of nitrogens with two attached hydrogens (primary N) is 2. The van der Waals surface area contributed by atoms with Crippen LogP contribution in [0.5, 0.6) is 0 Å². The van der Waals surface area contributed by atoms with E-state index in [1.807, 2.05) is 5.09 Å². The molecule has 0 radical (unpaired) electrons. The number of hydrogen-bond donors (Lipinski definition) is 3. The second-order valence-corrected chi connectivity index (χ2v) is 2.48. The molecule has 0 aliphatic rings. The Morgan fingerprint density at radius 1 is 1.25 bits per heavy atom. The average molecular weight is 188 g/mol. The number of aromatic nitrogens is 3. The van der Waals surface area contributed by atoms with Crippen LogP contribution in [0.1, 0.15) is 0 Å². The van der Waals surface area contributed by atoms with Crippen molar-refractivity contribution in [1.29, 1.82) is 0 Å². The van der Waals surface area contributed by atoms with Gasteiger partial charge in [0.05, 0.1) is 0 Å². The molecule has 12 heavy (non-hydrogen) atoms. The van der Waals surface area contributed by atoms with E-state index in [2.05, 4.69) is 15.0 Å². The molecule has 0 aliphatic heterocycles. The molecule has 1 aromatic heterocycles. The highest BCUT2D eigenvalue weighted by Gasteiger charge is 2.06. The summed E-state index contributed by atoms with van der Waals surface area (Å²) in [7, 11) is -2.82. The highest BCUT2D eigenvalue weighted by atomic mass is 31.1. The van der Waals surface area contributed by atoms with Gasteiger partial charge in [-0.2, -0.15) is 15.0 Å². The molecule has 0 aliphatic carbocycles. The fraction of sp³-hybridized carbons (Fsp3) is 0. The molecule has 0 saturated carbocycles. The molecule has 1 heterocycles. The Morgan fingerprint density at radius 3 is 2.17 bits per heavy atom. The van der Waals surface area contributed by atoms with Crippen LogP contribution >= 0.6 is 8.18 Å². The zero-order valence-corrected chi connectivity index (χ0v) is 6.65. The van der Waals surface area contributed by atoms with E-state index in [1.165, 1.54) is 0 Å². The van der Waals surface area contributed by atoms with Crippen molar-refractivity contribution in [2.45, 2.75) is 0 Å². The van der Waals surface area contributed by atoms with E-state index in [1.54, 1.807) is 0 Å². The molecule has 0 saturated heterocycles. The van der Waals surface area contributed by atoms with E-state index >= 15 is 0 Å². The maximum absolute atomic E-state index is 10.1. The van der Waals surface area contributed by atoms with Crippen molar-refractivity contribution in [2.75, 3.05) is 16.6 Å². The molecule has 0 fully saturated rings. The summed E-state index contributed by atoms with van der Waals surface area (Å²) in [6.45, 7) is 0. The number of anilines is 3. The maximum atomic E-state index is 10.1. The minimum atomic E-state index is -2.82. The smallest absolute Gasteiger partial charge is 0.440 e. The quantitative estimate of drug-likeness (QED) is 0.474. The summed E-state index contributed by atoms with van der Waals surface area (Å²) >= 11 is 0. The molecule has 1 aromatic rings. The van der Waals surface area contributed by atoms with E-state index in [9.17, 15) is 9.46 Å². The fourth-order valence-corrected chi connectivity index (χ4v) is 0.804. The molecule has 1 atom stereocenters. The minimum absolute atomic E-state index is 0.137. The molecule has 8 nitrogen and oxygen atoms in total. The van der Waals surface area contributed by atoms with Gasteiger partial charge >= 0.3 is 8.18 Å².